The normalized spacial score (nSPS) is 11.9. The monoisotopic (exact) mass is 317 g/mol. The average Bonchev–Trinajstić information content (AvgIpc) is 3.02. The molecule has 0 bridgehead atoms. The van der Waals surface area contributed by atoms with Crippen molar-refractivity contribution in [3.8, 4) is 23.4 Å². The van der Waals surface area contributed by atoms with Crippen molar-refractivity contribution in [3.63, 3.8) is 0 Å². The van der Waals surface area contributed by atoms with E-state index in [1.165, 1.54) is 20.4 Å². The Hall–Kier alpha value is -3.03. The van der Waals surface area contributed by atoms with Gasteiger partial charge in [-0.1, -0.05) is 6.07 Å². The molecule has 0 radical (unpaired) electrons. The molecule has 1 aromatic carbocycles. The Morgan fingerprint density at radius 1 is 1.26 bits per heavy atom. The van der Waals surface area contributed by atoms with Crippen molar-refractivity contribution in [3.05, 3.63) is 30.0 Å². The third-order valence-corrected chi connectivity index (χ3v) is 3.18. The number of aromatic nitrogens is 2. The van der Waals surface area contributed by atoms with Gasteiger partial charge in [-0.05, 0) is 17.7 Å². The molecule has 3 rings (SSSR count). The van der Waals surface area contributed by atoms with Crippen LogP contribution >= 0.6 is 0 Å². The number of fused-ring (bicyclic) bond motifs is 1. The SMILES string of the molecule is COc1ncc(NC(=O)Cc2ccc3c(c2)OCO3)c(OC)n1. The largest absolute Gasteiger partial charge is 0.479 e. The van der Waals surface area contributed by atoms with Crippen molar-refractivity contribution in [1.29, 1.82) is 0 Å². The van der Waals surface area contributed by atoms with Crippen LogP contribution in [0, 0.1) is 0 Å². The zero-order chi connectivity index (χ0) is 16.2. The van der Waals surface area contributed by atoms with Gasteiger partial charge in [-0.15, -0.1) is 0 Å². The molecule has 1 amide bonds. The molecule has 0 atom stereocenters. The van der Waals surface area contributed by atoms with E-state index in [0.29, 0.717) is 17.2 Å². The van der Waals surface area contributed by atoms with Crippen molar-refractivity contribution >= 4 is 11.6 Å². The third kappa shape index (κ3) is 3.25. The Morgan fingerprint density at radius 3 is 2.87 bits per heavy atom. The van der Waals surface area contributed by atoms with Crippen LogP contribution in [0.25, 0.3) is 0 Å². The van der Waals surface area contributed by atoms with Gasteiger partial charge in [0.1, 0.15) is 5.69 Å². The van der Waals surface area contributed by atoms with Crippen LogP contribution in [0.15, 0.2) is 24.4 Å². The van der Waals surface area contributed by atoms with E-state index >= 15 is 0 Å². The number of methoxy groups -OCH3 is 2. The molecule has 0 aliphatic carbocycles. The highest BCUT2D eigenvalue weighted by Gasteiger charge is 2.16. The summed E-state index contributed by atoms with van der Waals surface area (Å²) in [5.74, 6) is 1.33. The Morgan fingerprint density at radius 2 is 2.09 bits per heavy atom. The van der Waals surface area contributed by atoms with Crippen molar-refractivity contribution in [2.45, 2.75) is 6.42 Å². The predicted molar refractivity (Wildman–Crippen MR) is 80.0 cm³/mol. The second-order valence-electron chi connectivity index (χ2n) is 4.69. The van der Waals surface area contributed by atoms with Crippen LogP contribution in [0.3, 0.4) is 0 Å². The first-order chi connectivity index (χ1) is 11.2. The van der Waals surface area contributed by atoms with Crippen molar-refractivity contribution < 1.29 is 23.7 Å². The molecule has 8 heteroatoms. The summed E-state index contributed by atoms with van der Waals surface area (Å²) in [7, 11) is 2.90. The number of hydrogen-bond acceptors (Lipinski definition) is 7. The van der Waals surface area contributed by atoms with E-state index in [0.717, 1.165) is 5.56 Å². The summed E-state index contributed by atoms with van der Waals surface area (Å²) in [5.41, 5.74) is 1.18. The summed E-state index contributed by atoms with van der Waals surface area (Å²) in [6, 6.07) is 5.54. The number of carbonyl (C=O) groups is 1. The smallest absolute Gasteiger partial charge is 0.319 e. The van der Waals surface area contributed by atoms with Gasteiger partial charge in [0.15, 0.2) is 11.5 Å². The zero-order valence-electron chi connectivity index (χ0n) is 12.7. The number of anilines is 1. The van der Waals surface area contributed by atoms with Gasteiger partial charge >= 0.3 is 6.01 Å². The minimum atomic E-state index is -0.226. The van der Waals surface area contributed by atoms with Gasteiger partial charge < -0.3 is 24.3 Å². The molecule has 8 nitrogen and oxygen atoms in total. The number of nitrogens with zero attached hydrogens (tertiary/aromatic N) is 2. The molecular weight excluding hydrogens is 302 g/mol. The highest BCUT2D eigenvalue weighted by atomic mass is 16.7. The standard InChI is InChI=1S/C15H15N3O5/c1-20-14-10(7-16-15(18-14)21-2)17-13(19)6-9-3-4-11-12(5-9)23-8-22-11/h3-5,7H,6,8H2,1-2H3,(H,17,19). The highest BCUT2D eigenvalue weighted by Crippen LogP contribution is 2.32. The summed E-state index contributed by atoms with van der Waals surface area (Å²) in [4.78, 5) is 20.1. The summed E-state index contributed by atoms with van der Waals surface area (Å²) < 4.78 is 20.6. The Balaban J connectivity index is 1.70. The van der Waals surface area contributed by atoms with Gasteiger partial charge in [0.05, 0.1) is 26.8 Å². The fourth-order valence-electron chi connectivity index (χ4n) is 2.12. The molecule has 0 saturated carbocycles. The van der Waals surface area contributed by atoms with Gasteiger partial charge in [0, 0.05) is 0 Å². The molecule has 1 aromatic heterocycles. The minimum absolute atomic E-state index is 0.163. The molecule has 2 aromatic rings. The molecule has 0 saturated heterocycles. The number of carbonyl (C=O) groups excluding carboxylic acids is 1. The zero-order valence-corrected chi connectivity index (χ0v) is 12.7. The number of hydrogen-bond donors (Lipinski definition) is 1. The van der Waals surface area contributed by atoms with Gasteiger partial charge in [-0.3, -0.25) is 4.79 Å². The number of ether oxygens (including phenoxy) is 4. The van der Waals surface area contributed by atoms with Crippen LogP contribution in [0.1, 0.15) is 5.56 Å². The topological polar surface area (TPSA) is 91.8 Å². The van der Waals surface area contributed by atoms with E-state index in [1.807, 2.05) is 6.07 Å². The lowest BCUT2D eigenvalue weighted by atomic mass is 10.1. The molecule has 0 unspecified atom stereocenters. The molecule has 0 spiro atoms. The van der Waals surface area contributed by atoms with E-state index in [9.17, 15) is 4.79 Å². The fraction of sp³-hybridized carbons (Fsp3) is 0.267. The van der Waals surface area contributed by atoms with Crippen LogP contribution in [-0.2, 0) is 11.2 Å². The molecule has 23 heavy (non-hydrogen) atoms. The van der Waals surface area contributed by atoms with Crippen LogP contribution < -0.4 is 24.3 Å². The van der Waals surface area contributed by atoms with Gasteiger partial charge in [-0.2, -0.15) is 4.98 Å². The molecule has 120 valence electrons. The lowest BCUT2D eigenvalue weighted by molar-refractivity contribution is -0.115. The fourth-order valence-corrected chi connectivity index (χ4v) is 2.12. The summed E-state index contributed by atoms with van der Waals surface area (Å²) in [6.07, 6.45) is 1.61. The van der Waals surface area contributed by atoms with Crippen molar-refractivity contribution in [1.82, 2.24) is 9.97 Å². The van der Waals surface area contributed by atoms with E-state index in [4.69, 9.17) is 18.9 Å². The minimum Gasteiger partial charge on any atom is -0.479 e. The molecule has 1 N–H and O–H groups in total. The van der Waals surface area contributed by atoms with E-state index < -0.39 is 0 Å². The van der Waals surface area contributed by atoms with E-state index in [2.05, 4.69) is 15.3 Å². The number of rotatable bonds is 5. The van der Waals surface area contributed by atoms with E-state index in [-0.39, 0.29) is 31.0 Å². The van der Waals surface area contributed by atoms with Crippen LogP contribution in [0.2, 0.25) is 0 Å². The summed E-state index contributed by atoms with van der Waals surface area (Å²) in [6.45, 7) is 0.200. The van der Waals surface area contributed by atoms with Crippen LogP contribution in [0.4, 0.5) is 5.69 Å². The van der Waals surface area contributed by atoms with E-state index in [1.54, 1.807) is 12.1 Å². The molecule has 1 aliphatic heterocycles. The Labute approximate surface area is 132 Å². The van der Waals surface area contributed by atoms with Gasteiger partial charge in [0.2, 0.25) is 18.6 Å². The molecule has 0 fully saturated rings. The first kappa shape index (κ1) is 14.9. The average molecular weight is 317 g/mol. The Kier molecular flexibility index (Phi) is 4.13. The maximum absolute atomic E-state index is 12.2. The van der Waals surface area contributed by atoms with Crippen molar-refractivity contribution in [2.75, 3.05) is 26.3 Å². The lowest BCUT2D eigenvalue weighted by Crippen LogP contribution is -2.15. The first-order valence-corrected chi connectivity index (χ1v) is 6.83. The number of nitrogens with one attached hydrogen (secondary N) is 1. The molecular formula is C15H15N3O5. The lowest BCUT2D eigenvalue weighted by Gasteiger charge is -2.10. The highest BCUT2D eigenvalue weighted by molar-refractivity contribution is 5.93. The van der Waals surface area contributed by atoms with Crippen LogP contribution in [-0.4, -0.2) is 36.9 Å². The molecule has 2 heterocycles. The molecule has 1 aliphatic rings. The van der Waals surface area contributed by atoms with Gasteiger partial charge in [-0.25, -0.2) is 4.98 Å². The summed E-state index contributed by atoms with van der Waals surface area (Å²) >= 11 is 0. The van der Waals surface area contributed by atoms with Gasteiger partial charge in [0.25, 0.3) is 0 Å². The Bertz CT molecular complexity index is 735. The third-order valence-electron chi connectivity index (χ3n) is 3.18. The number of amides is 1. The quantitative estimate of drug-likeness (QED) is 0.891. The predicted octanol–water partition coefficient (Wildman–Crippen LogP) is 1.40. The second kappa shape index (κ2) is 6.39. The second-order valence-corrected chi connectivity index (χ2v) is 4.69. The van der Waals surface area contributed by atoms with Crippen molar-refractivity contribution in [2.24, 2.45) is 0 Å². The first-order valence-electron chi connectivity index (χ1n) is 6.83. The van der Waals surface area contributed by atoms with Crippen LogP contribution in [0.5, 0.6) is 23.4 Å². The number of benzene rings is 1. The maximum atomic E-state index is 12.2. The summed E-state index contributed by atoms with van der Waals surface area (Å²) in [5, 5.41) is 2.71. The maximum Gasteiger partial charge on any atom is 0.319 e.